The molecule has 0 aliphatic heterocycles. The number of nitrogens with zero attached hydrogens (tertiary/aromatic N) is 1. The van der Waals surface area contributed by atoms with Crippen molar-refractivity contribution in [2.45, 2.75) is 31.7 Å². The van der Waals surface area contributed by atoms with Crippen molar-refractivity contribution in [2.75, 3.05) is 11.1 Å². The third-order valence-corrected chi connectivity index (χ3v) is 4.21. The van der Waals surface area contributed by atoms with E-state index in [1.807, 2.05) is 0 Å². The molecule has 1 aromatic rings. The molecule has 2 bridgehead atoms. The Balaban J connectivity index is 1.79. The summed E-state index contributed by atoms with van der Waals surface area (Å²) in [6, 6.07) is 3.44. The maximum Gasteiger partial charge on any atom is 0.354 e. The molecule has 1 aromatic heterocycles. The molecule has 5 heteroatoms. The molecule has 0 saturated heterocycles. The van der Waals surface area contributed by atoms with Gasteiger partial charge < -0.3 is 16.2 Å². The average molecular weight is 247 g/mol. The molecular weight excluding hydrogens is 230 g/mol. The Morgan fingerprint density at radius 3 is 2.83 bits per heavy atom. The Morgan fingerprint density at radius 1 is 1.39 bits per heavy atom. The lowest BCUT2D eigenvalue weighted by atomic mass is 9.95. The van der Waals surface area contributed by atoms with Gasteiger partial charge in [0.25, 0.3) is 0 Å². The summed E-state index contributed by atoms with van der Waals surface area (Å²) >= 11 is 0. The molecule has 3 atom stereocenters. The third kappa shape index (κ3) is 1.89. The second-order valence-electron chi connectivity index (χ2n) is 5.37. The van der Waals surface area contributed by atoms with Crippen molar-refractivity contribution in [2.24, 2.45) is 11.8 Å². The van der Waals surface area contributed by atoms with E-state index in [-0.39, 0.29) is 5.69 Å². The number of carboxylic acid groups (broad SMARTS) is 1. The maximum absolute atomic E-state index is 10.9. The lowest BCUT2D eigenvalue weighted by molar-refractivity contribution is 0.0690. The van der Waals surface area contributed by atoms with Crippen LogP contribution in [0.25, 0.3) is 0 Å². The normalized spacial score (nSPS) is 29.4. The first-order chi connectivity index (χ1) is 8.63. The van der Waals surface area contributed by atoms with E-state index in [9.17, 15) is 4.79 Å². The zero-order valence-electron chi connectivity index (χ0n) is 10.1. The van der Waals surface area contributed by atoms with E-state index in [4.69, 9.17) is 10.8 Å². The van der Waals surface area contributed by atoms with E-state index < -0.39 is 5.97 Å². The number of pyridine rings is 1. The number of nitrogens with two attached hydrogens (primary N) is 1. The first kappa shape index (κ1) is 11.3. The summed E-state index contributed by atoms with van der Waals surface area (Å²) < 4.78 is 0. The number of rotatable bonds is 3. The Labute approximate surface area is 105 Å². The number of aromatic carboxylic acids is 1. The minimum Gasteiger partial charge on any atom is -0.477 e. The minimum atomic E-state index is -1.02. The average Bonchev–Trinajstić information content (AvgIpc) is 2.93. The number of hydrogen-bond acceptors (Lipinski definition) is 4. The highest BCUT2D eigenvalue weighted by molar-refractivity contribution is 5.86. The fraction of sp³-hybridized carbons (Fsp3) is 0.538. The van der Waals surface area contributed by atoms with Gasteiger partial charge in [-0.3, -0.25) is 0 Å². The van der Waals surface area contributed by atoms with Crippen LogP contribution in [0, 0.1) is 11.8 Å². The zero-order valence-corrected chi connectivity index (χ0v) is 10.1. The van der Waals surface area contributed by atoms with Gasteiger partial charge in [-0.25, -0.2) is 9.78 Å². The fourth-order valence-electron chi connectivity index (χ4n) is 3.30. The maximum atomic E-state index is 10.9. The van der Waals surface area contributed by atoms with Crippen LogP contribution in [0.5, 0.6) is 0 Å². The van der Waals surface area contributed by atoms with Crippen LogP contribution in [-0.4, -0.2) is 22.1 Å². The van der Waals surface area contributed by atoms with Gasteiger partial charge >= 0.3 is 5.97 Å². The van der Waals surface area contributed by atoms with Crippen molar-refractivity contribution in [1.29, 1.82) is 0 Å². The van der Waals surface area contributed by atoms with Crippen LogP contribution in [-0.2, 0) is 0 Å². The summed E-state index contributed by atoms with van der Waals surface area (Å²) in [5.74, 6) is 1.03. The number of aromatic nitrogens is 1. The number of fused-ring (bicyclic) bond motifs is 2. The molecule has 0 amide bonds. The molecule has 5 nitrogen and oxygen atoms in total. The highest BCUT2D eigenvalue weighted by Crippen LogP contribution is 2.45. The van der Waals surface area contributed by atoms with Crippen molar-refractivity contribution < 1.29 is 9.90 Å². The second-order valence-corrected chi connectivity index (χ2v) is 5.37. The molecule has 96 valence electrons. The van der Waals surface area contributed by atoms with Gasteiger partial charge in [0.15, 0.2) is 5.69 Å². The number of nitrogens with one attached hydrogen (secondary N) is 1. The highest BCUT2D eigenvalue weighted by Gasteiger charge is 2.39. The second kappa shape index (κ2) is 4.15. The summed E-state index contributed by atoms with van der Waals surface area (Å²) in [4.78, 5) is 15.0. The van der Waals surface area contributed by atoms with Gasteiger partial charge in [-0.2, -0.15) is 0 Å². The van der Waals surface area contributed by atoms with E-state index in [1.54, 1.807) is 6.07 Å². The molecule has 3 unspecified atom stereocenters. The van der Waals surface area contributed by atoms with Crippen LogP contribution in [0.2, 0.25) is 0 Å². The van der Waals surface area contributed by atoms with Gasteiger partial charge in [-0.1, -0.05) is 6.42 Å². The fourth-order valence-corrected chi connectivity index (χ4v) is 3.30. The summed E-state index contributed by atoms with van der Waals surface area (Å²) in [6.07, 6.45) is 5.04. The summed E-state index contributed by atoms with van der Waals surface area (Å²) in [5, 5.41) is 12.3. The van der Waals surface area contributed by atoms with Crippen molar-refractivity contribution in [3.63, 3.8) is 0 Å². The summed E-state index contributed by atoms with van der Waals surface area (Å²) in [7, 11) is 0. The molecule has 2 aliphatic rings. The van der Waals surface area contributed by atoms with Crippen molar-refractivity contribution >= 4 is 17.5 Å². The Kier molecular flexibility index (Phi) is 2.61. The largest absolute Gasteiger partial charge is 0.477 e. The van der Waals surface area contributed by atoms with Gasteiger partial charge in [-0.15, -0.1) is 0 Å². The topological polar surface area (TPSA) is 88.2 Å². The van der Waals surface area contributed by atoms with Crippen molar-refractivity contribution in [1.82, 2.24) is 4.98 Å². The standard InChI is InChI=1S/C13H17N3O2/c14-9-3-4-10(13(17)18)15-12(9)16-11-6-7-1-2-8(11)5-7/h3-4,7-8,11H,1-2,5-6,14H2,(H,15,16)(H,17,18). The molecule has 1 heterocycles. The highest BCUT2D eigenvalue weighted by atomic mass is 16.4. The van der Waals surface area contributed by atoms with Crippen LogP contribution in [0.1, 0.15) is 36.2 Å². The van der Waals surface area contributed by atoms with Gasteiger partial charge in [0.2, 0.25) is 0 Å². The van der Waals surface area contributed by atoms with Crippen LogP contribution >= 0.6 is 0 Å². The number of carbonyl (C=O) groups is 1. The molecule has 2 aliphatic carbocycles. The molecule has 0 aromatic carbocycles. The van der Waals surface area contributed by atoms with Crippen LogP contribution in [0.4, 0.5) is 11.5 Å². The molecule has 0 radical (unpaired) electrons. The number of hydrogen-bond donors (Lipinski definition) is 3. The molecule has 3 rings (SSSR count). The lowest BCUT2D eigenvalue weighted by Gasteiger charge is -2.24. The quantitative estimate of drug-likeness (QED) is 0.760. The van der Waals surface area contributed by atoms with Crippen LogP contribution in [0.3, 0.4) is 0 Å². The van der Waals surface area contributed by atoms with Crippen molar-refractivity contribution in [3.8, 4) is 0 Å². The zero-order chi connectivity index (χ0) is 12.7. The van der Waals surface area contributed by atoms with E-state index in [1.165, 1.54) is 25.3 Å². The van der Waals surface area contributed by atoms with Crippen molar-refractivity contribution in [3.05, 3.63) is 17.8 Å². The Morgan fingerprint density at radius 2 is 2.22 bits per heavy atom. The number of nitrogen functional groups attached to an aromatic ring is 1. The first-order valence-corrected chi connectivity index (χ1v) is 6.40. The number of anilines is 2. The minimum absolute atomic E-state index is 0.0369. The van der Waals surface area contributed by atoms with E-state index in [2.05, 4.69) is 10.3 Å². The SMILES string of the molecule is Nc1ccc(C(=O)O)nc1NC1CC2CCC1C2. The van der Waals surface area contributed by atoms with E-state index >= 15 is 0 Å². The molecule has 0 spiro atoms. The number of carboxylic acids is 1. The predicted molar refractivity (Wildman–Crippen MR) is 68.5 cm³/mol. The first-order valence-electron chi connectivity index (χ1n) is 6.40. The van der Waals surface area contributed by atoms with Crippen LogP contribution in [0.15, 0.2) is 12.1 Å². The molecule has 2 fully saturated rings. The van der Waals surface area contributed by atoms with Gasteiger partial charge in [0, 0.05) is 6.04 Å². The van der Waals surface area contributed by atoms with Gasteiger partial charge in [-0.05, 0) is 43.2 Å². The third-order valence-electron chi connectivity index (χ3n) is 4.21. The van der Waals surface area contributed by atoms with Gasteiger partial charge in [0.05, 0.1) is 5.69 Å². The monoisotopic (exact) mass is 247 g/mol. The van der Waals surface area contributed by atoms with E-state index in [0.717, 1.165) is 12.3 Å². The summed E-state index contributed by atoms with van der Waals surface area (Å²) in [5.41, 5.74) is 6.40. The van der Waals surface area contributed by atoms with E-state index in [0.29, 0.717) is 23.5 Å². The molecule has 4 N–H and O–H groups in total. The molecule has 18 heavy (non-hydrogen) atoms. The molecule has 2 saturated carbocycles. The molecular formula is C13H17N3O2. The smallest absolute Gasteiger partial charge is 0.354 e. The Hall–Kier alpha value is -1.78. The Bertz CT molecular complexity index is 489. The predicted octanol–water partition coefficient (Wildman–Crippen LogP) is 1.96. The summed E-state index contributed by atoms with van der Waals surface area (Å²) in [6.45, 7) is 0. The van der Waals surface area contributed by atoms with Crippen LogP contribution < -0.4 is 11.1 Å². The van der Waals surface area contributed by atoms with Gasteiger partial charge in [0.1, 0.15) is 5.82 Å². The lowest BCUT2D eigenvalue weighted by Crippen LogP contribution is -2.27.